The highest BCUT2D eigenvalue weighted by molar-refractivity contribution is 6.36. The van der Waals surface area contributed by atoms with Gasteiger partial charge in [0.05, 0.1) is 12.1 Å². The number of nitrogens with zero attached hydrogens (tertiary/aromatic N) is 2. The van der Waals surface area contributed by atoms with Crippen LogP contribution in [0.25, 0.3) is 5.57 Å². The van der Waals surface area contributed by atoms with Crippen molar-refractivity contribution in [2.24, 2.45) is 0 Å². The zero-order valence-corrected chi connectivity index (χ0v) is 17.3. The van der Waals surface area contributed by atoms with E-state index < -0.39 is 0 Å². The van der Waals surface area contributed by atoms with Gasteiger partial charge >= 0.3 is 0 Å². The average Bonchev–Trinajstić information content (AvgIpc) is 2.95. The number of rotatable bonds is 5. The first kappa shape index (κ1) is 19.6. The molecular weight excluding hydrogens is 374 g/mol. The zero-order valence-electron chi connectivity index (χ0n) is 17.3. The van der Waals surface area contributed by atoms with E-state index in [1.54, 1.807) is 12.4 Å². The number of anilines is 1. The molecule has 0 aliphatic carbocycles. The SMILES string of the molecule is Cc1ccc(C2=C(Nc3ccccc3C)C(=O)N(Cc3ccncc3)C2=O)c(C)c1. The van der Waals surface area contributed by atoms with E-state index in [1.165, 1.54) is 4.90 Å². The molecule has 2 amide bonds. The second-order valence-electron chi connectivity index (χ2n) is 7.56. The quantitative estimate of drug-likeness (QED) is 0.648. The van der Waals surface area contributed by atoms with E-state index in [9.17, 15) is 9.59 Å². The molecule has 0 spiro atoms. The minimum atomic E-state index is -0.324. The molecule has 5 nitrogen and oxygen atoms in total. The molecule has 2 heterocycles. The van der Waals surface area contributed by atoms with E-state index >= 15 is 0 Å². The predicted molar refractivity (Wildman–Crippen MR) is 117 cm³/mol. The number of aryl methyl sites for hydroxylation is 3. The Morgan fingerprint density at radius 2 is 1.60 bits per heavy atom. The molecule has 30 heavy (non-hydrogen) atoms. The zero-order chi connectivity index (χ0) is 21.3. The first-order chi connectivity index (χ1) is 14.5. The van der Waals surface area contributed by atoms with E-state index in [0.717, 1.165) is 33.5 Å². The summed E-state index contributed by atoms with van der Waals surface area (Å²) in [5.74, 6) is -0.616. The highest BCUT2D eigenvalue weighted by Crippen LogP contribution is 2.33. The van der Waals surface area contributed by atoms with Crippen LogP contribution in [0.4, 0.5) is 5.69 Å². The van der Waals surface area contributed by atoms with E-state index in [-0.39, 0.29) is 18.4 Å². The smallest absolute Gasteiger partial charge is 0.278 e. The van der Waals surface area contributed by atoms with Crippen LogP contribution in [0, 0.1) is 20.8 Å². The molecule has 2 aromatic carbocycles. The summed E-state index contributed by atoms with van der Waals surface area (Å²) in [4.78, 5) is 32.1. The minimum Gasteiger partial charge on any atom is -0.350 e. The van der Waals surface area contributed by atoms with Crippen LogP contribution in [-0.2, 0) is 16.1 Å². The third-order valence-electron chi connectivity index (χ3n) is 5.31. The second kappa shape index (κ2) is 7.95. The number of pyridine rings is 1. The summed E-state index contributed by atoms with van der Waals surface area (Å²) >= 11 is 0. The minimum absolute atomic E-state index is 0.202. The molecule has 0 radical (unpaired) electrons. The second-order valence-corrected chi connectivity index (χ2v) is 7.56. The Balaban J connectivity index is 1.80. The fraction of sp³-hybridized carbons (Fsp3) is 0.160. The number of nitrogens with one attached hydrogen (secondary N) is 1. The number of carbonyl (C=O) groups is 2. The molecule has 3 aromatic rings. The van der Waals surface area contributed by atoms with Crippen molar-refractivity contribution in [3.05, 3.63) is 101 Å². The number of amides is 2. The van der Waals surface area contributed by atoms with Gasteiger partial charge in [0, 0.05) is 18.1 Å². The summed E-state index contributed by atoms with van der Waals surface area (Å²) in [6.07, 6.45) is 3.32. The fourth-order valence-electron chi connectivity index (χ4n) is 3.70. The van der Waals surface area contributed by atoms with Gasteiger partial charge in [-0.3, -0.25) is 19.5 Å². The van der Waals surface area contributed by atoms with Crippen molar-refractivity contribution in [1.82, 2.24) is 9.88 Å². The Morgan fingerprint density at radius 3 is 2.30 bits per heavy atom. The average molecular weight is 397 g/mol. The highest BCUT2D eigenvalue weighted by atomic mass is 16.2. The van der Waals surface area contributed by atoms with E-state index in [4.69, 9.17) is 0 Å². The summed E-state index contributed by atoms with van der Waals surface area (Å²) in [6.45, 7) is 6.14. The standard InChI is InChI=1S/C25H23N3O2/c1-16-8-9-20(18(3)14-16)22-23(27-21-7-5-4-6-17(21)2)25(30)28(24(22)29)15-19-10-12-26-13-11-19/h4-14,27H,15H2,1-3H3. The monoisotopic (exact) mass is 397 g/mol. The molecule has 0 unspecified atom stereocenters. The van der Waals surface area contributed by atoms with Gasteiger partial charge in [0.1, 0.15) is 5.70 Å². The summed E-state index contributed by atoms with van der Waals surface area (Å²) in [6, 6.07) is 17.2. The van der Waals surface area contributed by atoms with Crippen molar-refractivity contribution >= 4 is 23.1 Å². The van der Waals surface area contributed by atoms with Gasteiger partial charge in [-0.15, -0.1) is 0 Å². The van der Waals surface area contributed by atoms with Crippen molar-refractivity contribution in [1.29, 1.82) is 0 Å². The Labute approximate surface area is 176 Å². The number of imide groups is 1. The Hall–Kier alpha value is -3.73. The predicted octanol–water partition coefficient (Wildman–Crippen LogP) is 4.40. The number of hydrogen-bond donors (Lipinski definition) is 1. The van der Waals surface area contributed by atoms with Crippen LogP contribution >= 0.6 is 0 Å². The molecule has 0 atom stereocenters. The van der Waals surface area contributed by atoms with Gasteiger partial charge in [0.25, 0.3) is 11.8 Å². The van der Waals surface area contributed by atoms with Gasteiger partial charge in [-0.25, -0.2) is 0 Å². The van der Waals surface area contributed by atoms with E-state index in [0.29, 0.717) is 11.3 Å². The third kappa shape index (κ3) is 3.62. The Bertz CT molecular complexity index is 1170. The highest BCUT2D eigenvalue weighted by Gasteiger charge is 2.39. The summed E-state index contributed by atoms with van der Waals surface area (Å²) < 4.78 is 0. The van der Waals surface area contributed by atoms with Gasteiger partial charge in [-0.1, -0.05) is 42.0 Å². The van der Waals surface area contributed by atoms with Crippen molar-refractivity contribution < 1.29 is 9.59 Å². The van der Waals surface area contributed by atoms with Crippen molar-refractivity contribution in [3.63, 3.8) is 0 Å². The molecule has 4 rings (SSSR count). The number of hydrogen-bond acceptors (Lipinski definition) is 4. The van der Waals surface area contributed by atoms with Crippen molar-refractivity contribution in [2.45, 2.75) is 27.3 Å². The summed E-state index contributed by atoms with van der Waals surface area (Å²) in [5, 5.41) is 3.25. The molecule has 0 fully saturated rings. The molecule has 0 saturated carbocycles. The van der Waals surface area contributed by atoms with Crippen LogP contribution in [0.1, 0.15) is 27.8 Å². The van der Waals surface area contributed by atoms with Crippen molar-refractivity contribution in [2.75, 3.05) is 5.32 Å². The molecule has 1 aliphatic rings. The van der Waals surface area contributed by atoms with Crippen molar-refractivity contribution in [3.8, 4) is 0 Å². The lowest BCUT2D eigenvalue weighted by Crippen LogP contribution is -2.32. The number of carbonyl (C=O) groups excluding carboxylic acids is 2. The third-order valence-corrected chi connectivity index (χ3v) is 5.31. The first-order valence-electron chi connectivity index (χ1n) is 9.85. The molecule has 0 bridgehead atoms. The van der Waals surface area contributed by atoms with Crippen LogP contribution < -0.4 is 5.32 Å². The van der Waals surface area contributed by atoms with E-state index in [1.807, 2.05) is 75.4 Å². The van der Waals surface area contributed by atoms with Gasteiger partial charge in [0.2, 0.25) is 0 Å². The Kier molecular flexibility index (Phi) is 5.19. The fourth-order valence-corrected chi connectivity index (χ4v) is 3.70. The van der Waals surface area contributed by atoms with Crippen LogP contribution in [0.3, 0.4) is 0 Å². The number of benzene rings is 2. The molecule has 1 N–H and O–H groups in total. The normalized spacial score (nSPS) is 13.9. The van der Waals surface area contributed by atoms with Crippen LogP contribution in [-0.4, -0.2) is 21.7 Å². The number of para-hydroxylation sites is 1. The molecule has 1 aliphatic heterocycles. The van der Waals surface area contributed by atoms with Crippen LogP contribution in [0.5, 0.6) is 0 Å². The topological polar surface area (TPSA) is 62.3 Å². The first-order valence-corrected chi connectivity index (χ1v) is 9.85. The van der Waals surface area contributed by atoms with Gasteiger partial charge in [0.15, 0.2) is 0 Å². The maximum Gasteiger partial charge on any atom is 0.278 e. The number of aromatic nitrogens is 1. The largest absolute Gasteiger partial charge is 0.350 e. The van der Waals surface area contributed by atoms with Gasteiger partial charge < -0.3 is 5.32 Å². The molecule has 0 saturated heterocycles. The van der Waals surface area contributed by atoms with Crippen LogP contribution in [0.2, 0.25) is 0 Å². The molecule has 150 valence electrons. The molecule has 1 aromatic heterocycles. The van der Waals surface area contributed by atoms with Crippen LogP contribution in [0.15, 0.2) is 72.7 Å². The lowest BCUT2D eigenvalue weighted by molar-refractivity contribution is -0.137. The summed E-state index contributed by atoms with van der Waals surface area (Å²) in [5.41, 5.74) is 6.22. The summed E-state index contributed by atoms with van der Waals surface area (Å²) in [7, 11) is 0. The molecule has 5 heteroatoms. The maximum atomic E-state index is 13.4. The van der Waals surface area contributed by atoms with E-state index in [2.05, 4.69) is 10.3 Å². The lowest BCUT2D eigenvalue weighted by Gasteiger charge is -2.15. The van der Waals surface area contributed by atoms with Gasteiger partial charge in [-0.05, 0) is 61.2 Å². The Morgan fingerprint density at radius 1 is 0.867 bits per heavy atom. The lowest BCUT2D eigenvalue weighted by atomic mass is 9.97. The molecular formula is C25H23N3O2. The maximum absolute atomic E-state index is 13.4. The van der Waals surface area contributed by atoms with Gasteiger partial charge in [-0.2, -0.15) is 0 Å².